The van der Waals surface area contributed by atoms with Crippen LogP contribution in [0.15, 0.2) is 41.9 Å². The van der Waals surface area contributed by atoms with Crippen molar-refractivity contribution in [3.8, 4) is 5.75 Å². The minimum Gasteiger partial charge on any atom is -0.495 e. The van der Waals surface area contributed by atoms with Crippen molar-refractivity contribution in [2.24, 2.45) is 5.92 Å². The van der Waals surface area contributed by atoms with Crippen molar-refractivity contribution in [2.75, 3.05) is 24.8 Å². The summed E-state index contributed by atoms with van der Waals surface area (Å²) in [6.45, 7) is 0. The van der Waals surface area contributed by atoms with E-state index in [0.29, 0.717) is 28.4 Å². The van der Waals surface area contributed by atoms with Gasteiger partial charge in [0, 0.05) is 37.4 Å². The maximum Gasteiger partial charge on any atom is 0.142 e. The number of ether oxygens (including phenoxy) is 1. The lowest BCUT2D eigenvalue weighted by Gasteiger charge is -2.41. The molecule has 1 fully saturated rings. The minimum absolute atomic E-state index is 0.404. The summed E-state index contributed by atoms with van der Waals surface area (Å²) >= 11 is 0. The van der Waals surface area contributed by atoms with Crippen LogP contribution in [0.1, 0.15) is 12.8 Å². The second kappa shape index (κ2) is 7.03. The fraction of sp³-hybridized carbons (Fsp3) is 0.389. The van der Waals surface area contributed by atoms with Gasteiger partial charge in [0.1, 0.15) is 23.5 Å². The molecule has 8 heteroatoms. The molecule has 1 unspecified atom stereocenters. The SMILES string of the molecule is COc1ccncc1S(=O)CC1CC(N(C)c2ncnc3[nH]ccc23)C1. The number of nitrogens with zero attached hydrogens (tertiary/aromatic N) is 4. The van der Waals surface area contributed by atoms with Crippen LogP contribution in [0.25, 0.3) is 11.0 Å². The molecule has 0 spiro atoms. The Bertz CT molecular complexity index is 938. The average Bonchev–Trinajstić information content (AvgIpc) is 3.12. The van der Waals surface area contributed by atoms with Crippen LogP contribution < -0.4 is 9.64 Å². The first-order chi connectivity index (χ1) is 12.7. The van der Waals surface area contributed by atoms with Crippen molar-refractivity contribution in [3.63, 3.8) is 0 Å². The summed E-state index contributed by atoms with van der Waals surface area (Å²) < 4.78 is 18.0. The van der Waals surface area contributed by atoms with Gasteiger partial charge in [0.05, 0.1) is 28.2 Å². The minimum atomic E-state index is -1.10. The van der Waals surface area contributed by atoms with Crippen LogP contribution in [0.3, 0.4) is 0 Å². The van der Waals surface area contributed by atoms with E-state index in [2.05, 4.69) is 31.9 Å². The van der Waals surface area contributed by atoms with E-state index in [1.54, 1.807) is 31.9 Å². The maximum atomic E-state index is 12.7. The lowest BCUT2D eigenvalue weighted by atomic mass is 9.81. The third kappa shape index (κ3) is 3.05. The van der Waals surface area contributed by atoms with E-state index in [4.69, 9.17) is 4.74 Å². The third-order valence-corrected chi connectivity index (χ3v) is 6.60. The molecule has 1 atom stereocenters. The number of H-pyrrole nitrogens is 1. The van der Waals surface area contributed by atoms with Crippen LogP contribution in [-0.2, 0) is 10.8 Å². The maximum absolute atomic E-state index is 12.7. The van der Waals surface area contributed by atoms with Crippen LogP contribution in [0.5, 0.6) is 5.75 Å². The van der Waals surface area contributed by atoms with Gasteiger partial charge in [-0.25, -0.2) is 9.97 Å². The van der Waals surface area contributed by atoms with E-state index < -0.39 is 10.8 Å². The van der Waals surface area contributed by atoms with E-state index in [9.17, 15) is 4.21 Å². The standard InChI is InChI=1S/C18H21N5O2S/c1-23(18-14-3-6-20-17(14)21-11-22-18)13-7-12(8-13)10-26(24)16-9-19-5-4-15(16)25-2/h3-6,9,11-13H,7-8,10H2,1-2H3,(H,20,21,22). The van der Waals surface area contributed by atoms with Gasteiger partial charge < -0.3 is 14.6 Å². The van der Waals surface area contributed by atoms with E-state index in [1.165, 1.54) is 0 Å². The lowest BCUT2D eigenvalue weighted by Crippen LogP contribution is -2.44. The predicted octanol–water partition coefficient (Wildman–Crippen LogP) is 2.38. The summed E-state index contributed by atoms with van der Waals surface area (Å²) in [7, 11) is 2.56. The molecule has 7 nitrogen and oxygen atoms in total. The molecule has 0 radical (unpaired) electrons. The highest BCUT2D eigenvalue weighted by Gasteiger charge is 2.34. The molecule has 4 rings (SSSR count). The number of pyridine rings is 1. The Hall–Kier alpha value is -2.48. The number of nitrogens with one attached hydrogen (secondary N) is 1. The first-order valence-corrected chi connectivity index (χ1v) is 9.86. The molecule has 1 N–H and O–H groups in total. The Balaban J connectivity index is 1.39. The van der Waals surface area contributed by atoms with Crippen LogP contribution in [-0.4, -0.2) is 50.1 Å². The largest absolute Gasteiger partial charge is 0.495 e. The number of hydrogen-bond donors (Lipinski definition) is 1. The van der Waals surface area contributed by atoms with Crippen molar-refractivity contribution in [3.05, 3.63) is 37.1 Å². The Morgan fingerprint density at radius 1 is 1.35 bits per heavy atom. The molecule has 136 valence electrons. The van der Waals surface area contributed by atoms with Crippen molar-refractivity contribution in [1.82, 2.24) is 19.9 Å². The normalized spacial score (nSPS) is 20.5. The lowest BCUT2D eigenvalue weighted by molar-refractivity contribution is 0.284. The Morgan fingerprint density at radius 2 is 2.19 bits per heavy atom. The summed E-state index contributed by atoms with van der Waals surface area (Å²) in [6, 6.07) is 4.16. The second-order valence-electron chi connectivity index (χ2n) is 6.58. The van der Waals surface area contributed by atoms with Gasteiger partial charge in [-0.1, -0.05) is 0 Å². The molecule has 26 heavy (non-hydrogen) atoms. The van der Waals surface area contributed by atoms with E-state index in [0.717, 1.165) is 29.7 Å². The van der Waals surface area contributed by atoms with Gasteiger partial charge in [0.2, 0.25) is 0 Å². The highest BCUT2D eigenvalue weighted by molar-refractivity contribution is 7.85. The molecule has 0 bridgehead atoms. The Kier molecular flexibility index (Phi) is 4.58. The molecule has 1 aliphatic carbocycles. The summed E-state index contributed by atoms with van der Waals surface area (Å²) in [6.07, 6.45) is 8.76. The second-order valence-corrected chi connectivity index (χ2v) is 8.04. The molecule has 0 saturated heterocycles. The highest BCUT2D eigenvalue weighted by atomic mass is 32.2. The van der Waals surface area contributed by atoms with Gasteiger partial charge in [-0.2, -0.15) is 0 Å². The fourth-order valence-corrected chi connectivity index (χ4v) is 4.91. The predicted molar refractivity (Wildman–Crippen MR) is 101 cm³/mol. The Morgan fingerprint density at radius 3 is 3.00 bits per heavy atom. The van der Waals surface area contributed by atoms with Gasteiger partial charge in [-0.3, -0.25) is 9.19 Å². The van der Waals surface area contributed by atoms with Gasteiger partial charge >= 0.3 is 0 Å². The van der Waals surface area contributed by atoms with E-state index >= 15 is 0 Å². The zero-order valence-corrected chi connectivity index (χ0v) is 15.6. The molecule has 0 aliphatic heterocycles. The van der Waals surface area contributed by atoms with Gasteiger partial charge in [-0.05, 0) is 30.9 Å². The van der Waals surface area contributed by atoms with Crippen LogP contribution in [0.4, 0.5) is 5.82 Å². The average molecular weight is 371 g/mol. The smallest absolute Gasteiger partial charge is 0.142 e. The number of fused-ring (bicyclic) bond motifs is 1. The number of anilines is 1. The number of aromatic amines is 1. The van der Waals surface area contributed by atoms with Crippen LogP contribution in [0.2, 0.25) is 0 Å². The van der Waals surface area contributed by atoms with Crippen molar-refractivity contribution in [2.45, 2.75) is 23.8 Å². The molecule has 1 saturated carbocycles. The van der Waals surface area contributed by atoms with Gasteiger partial charge in [-0.15, -0.1) is 0 Å². The number of aromatic nitrogens is 4. The molecular formula is C18H21N5O2S. The van der Waals surface area contributed by atoms with Gasteiger partial charge in [0.15, 0.2) is 0 Å². The van der Waals surface area contributed by atoms with Crippen molar-refractivity contribution in [1.29, 1.82) is 0 Å². The molecule has 0 aromatic carbocycles. The zero-order valence-electron chi connectivity index (χ0n) is 14.8. The number of hydrogen-bond acceptors (Lipinski definition) is 6. The van der Waals surface area contributed by atoms with E-state index in [1.807, 2.05) is 12.3 Å². The molecule has 1 aliphatic rings. The molecule has 3 heterocycles. The fourth-order valence-electron chi connectivity index (χ4n) is 3.48. The van der Waals surface area contributed by atoms with E-state index in [-0.39, 0.29) is 0 Å². The molecule has 0 amide bonds. The van der Waals surface area contributed by atoms with Crippen LogP contribution in [0, 0.1) is 5.92 Å². The summed E-state index contributed by atoms with van der Waals surface area (Å²) in [5.74, 6) is 2.64. The molecule has 3 aromatic heterocycles. The quantitative estimate of drug-likeness (QED) is 0.716. The van der Waals surface area contributed by atoms with Crippen molar-refractivity contribution >= 4 is 27.7 Å². The third-order valence-electron chi connectivity index (χ3n) is 5.02. The topological polar surface area (TPSA) is 84.0 Å². The summed E-state index contributed by atoms with van der Waals surface area (Å²) in [5, 5.41) is 1.03. The number of methoxy groups -OCH3 is 1. The highest BCUT2D eigenvalue weighted by Crippen LogP contribution is 2.36. The molecule has 3 aromatic rings. The number of rotatable bonds is 6. The monoisotopic (exact) mass is 371 g/mol. The molecular weight excluding hydrogens is 350 g/mol. The van der Waals surface area contributed by atoms with Crippen molar-refractivity contribution < 1.29 is 8.95 Å². The van der Waals surface area contributed by atoms with Gasteiger partial charge in [0.25, 0.3) is 0 Å². The Labute approximate surface area is 154 Å². The summed E-state index contributed by atoms with van der Waals surface area (Å²) in [5.41, 5.74) is 0.850. The van der Waals surface area contributed by atoms with Crippen LogP contribution >= 0.6 is 0 Å². The zero-order chi connectivity index (χ0) is 18.1. The first-order valence-electron chi connectivity index (χ1n) is 8.54. The first kappa shape index (κ1) is 17.0. The summed E-state index contributed by atoms with van der Waals surface area (Å²) in [4.78, 5) is 18.8.